The summed E-state index contributed by atoms with van der Waals surface area (Å²) in [5, 5.41) is 0. The van der Waals surface area contributed by atoms with Crippen molar-refractivity contribution in [3.05, 3.63) is 70.8 Å². The summed E-state index contributed by atoms with van der Waals surface area (Å²) in [4.78, 5) is 22.0. The Morgan fingerprint density at radius 1 is 1.03 bits per heavy atom. The molecule has 1 amide bonds. The highest BCUT2D eigenvalue weighted by Crippen LogP contribution is 2.28. The third-order valence-electron chi connectivity index (χ3n) is 5.85. The van der Waals surface area contributed by atoms with Gasteiger partial charge in [-0.1, -0.05) is 28.1 Å². The van der Waals surface area contributed by atoms with Crippen molar-refractivity contribution in [2.24, 2.45) is 0 Å². The van der Waals surface area contributed by atoms with Crippen LogP contribution in [0.15, 0.2) is 65.3 Å². The molecule has 0 aliphatic carbocycles. The summed E-state index contributed by atoms with van der Waals surface area (Å²) in [5.74, 6) is 1.93. The largest absolute Gasteiger partial charge is 0.497 e. The van der Waals surface area contributed by atoms with Crippen molar-refractivity contribution in [3.8, 4) is 5.75 Å². The molecule has 1 aliphatic heterocycles. The van der Waals surface area contributed by atoms with Crippen molar-refractivity contribution in [1.82, 2.24) is 14.3 Å². The lowest BCUT2D eigenvalue weighted by Crippen LogP contribution is -2.49. The second kappa shape index (κ2) is 8.23. The topological polar surface area (TPSA) is 50.1 Å². The number of fused-ring (bicyclic) bond motifs is 3. The molecule has 2 aromatic carbocycles. The molecule has 0 atom stereocenters. The zero-order valence-corrected chi connectivity index (χ0v) is 18.9. The minimum absolute atomic E-state index is 0.160. The molecular weight excluding hydrogens is 456 g/mol. The number of carbonyl (C=O) groups excluding carboxylic acids is 1. The Morgan fingerprint density at radius 2 is 1.81 bits per heavy atom. The van der Waals surface area contributed by atoms with Crippen LogP contribution >= 0.6 is 15.9 Å². The molecule has 0 spiro atoms. The molecule has 31 heavy (non-hydrogen) atoms. The smallest absolute Gasteiger partial charge is 0.227 e. The first-order valence-corrected chi connectivity index (χ1v) is 11.1. The Kier molecular flexibility index (Phi) is 5.28. The minimum Gasteiger partial charge on any atom is -0.497 e. The SMILES string of the molecule is COc1ccc(CC(=O)N2CCN(c3nc4cc(Br)ccc4n4cccc34)CC2)cc1. The molecule has 1 aliphatic rings. The van der Waals surface area contributed by atoms with Crippen molar-refractivity contribution in [1.29, 1.82) is 0 Å². The van der Waals surface area contributed by atoms with Crippen LogP contribution in [0, 0.1) is 0 Å². The van der Waals surface area contributed by atoms with Gasteiger partial charge >= 0.3 is 0 Å². The molecule has 0 bridgehead atoms. The van der Waals surface area contributed by atoms with E-state index in [2.05, 4.69) is 49.6 Å². The Labute approximate surface area is 189 Å². The van der Waals surface area contributed by atoms with Gasteiger partial charge in [0, 0.05) is 36.8 Å². The number of aromatic nitrogens is 2. The number of halogens is 1. The average molecular weight is 479 g/mol. The Bertz CT molecular complexity index is 1240. The van der Waals surface area contributed by atoms with Gasteiger partial charge in [-0.25, -0.2) is 4.98 Å². The van der Waals surface area contributed by atoms with Crippen molar-refractivity contribution >= 4 is 44.2 Å². The predicted molar refractivity (Wildman–Crippen MR) is 126 cm³/mol. The van der Waals surface area contributed by atoms with Gasteiger partial charge in [0.05, 0.1) is 30.1 Å². The quantitative estimate of drug-likeness (QED) is 0.442. The lowest BCUT2D eigenvalue weighted by Gasteiger charge is -2.36. The molecule has 1 fully saturated rings. The number of hydrogen-bond acceptors (Lipinski definition) is 4. The van der Waals surface area contributed by atoms with Gasteiger partial charge in [-0.05, 0) is 48.0 Å². The number of carbonyl (C=O) groups is 1. The van der Waals surface area contributed by atoms with E-state index in [4.69, 9.17) is 9.72 Å². The van der Waals surface area contributed by atoms with E-state index in [1.54, 1.807) is 7.11 Å². The number of methoxy groups -OCH3 is 1. The lowest BCUT2D eigenvalue weighted by atomic mass is 10.1. The molecule has 158 valence electrons. The normalized spacial score (nSPS) is 14.4. The molecule has 7 heteroatoms. The monoisotopic (exact) mass is 478 g/mol. The second-order valence-corrected chi connectivity index (χ2v) is 8.64. The van der Waals surface area contributed by atoms with Crippen LogP contribution in [0.25, 0.3) is 16.6 Å². The first-order chi connectivity index (χ1) is 15.1. The van der Waals surface area contributed by atoms with Gasteiger partial charge in [-0.2, -0.15) is 0 Å². The number of rotatable bonds is 4. The van der Waals surface area contributed by atoms with E-state index in [0.29, 0.717) is 19.5 Å². The van der Waals surface area contributed by atoms with Crippen LogP contribution in [-0.2, 0) is 11.2 Å². The molecule has 4 aromatic rings. The van der Waals surface area contributed by atoms with E-state index in [1.165, 1.54) is 0 Å². The number of piperazine rings is 1. The number of hydrogen-bond donors (Lipinski definition) is 0. The van der Waals surface area contributed by atoms with E-state index in [0.717, 1.165) is 51.2 Å². The van der Waals surface area contributed by atoms with E-state index in [1.807, 2.05) is 41.3 Å². The Hall–Kier alpha value is -3.06. The molecule has 0 unspecified atom stereocenters. The summed E-state index contributed by atoms with van der Waals surface area (Å²) < 4.78 is 8.39. The molecule has 2 aromatic heterocycles. The fourth-order valence-electron chi connectivity index (χ4n) is 4.16. The molecular formula is C24H23BrN4O2. The van der Waals surface area contributed by atoms with Gasteiger partial charge in [0.1, 0.15) is 5.75 Å². The molecule has 0 N–H and O–H groups in total. The molecule has 5 rings (SSSR count). The summed E-state index contributed by atoms with van der Waals surface area (Å²) >= 11 is 3.55. The highest BCUT2D eigenvalue weighted by molar-refractivity contribution is 9.10. The summed E-state index contributed by atoms with van der Waals surface area (Å²) in [6.07, 6.45) is 2.49. The first kappa shape index (κ1) is 19.9. The van der Waals surface area contributed by atoms with Gasteiger partial charge < -0.3 is 18.9 Å². The van der Waals surface area contributed by atoms with Gasteiger partial charge in [0.15, 0.2) is 5.82 Å². The number of anilines is 1. The fourth-order valence-corrected chi connectivity index (χ4v) is 4.51. The number of nitrogens with zero attached hydrogens (tertiary/aromatic N) is 4. The maximum atomic E-state index is 12.8. The van der Waals surface area contributed by atoms with Crippen LogP contribution < -0.4 is 9.64 Å². The third-order valence-corrected chi connectivity index (χ3v) is 6.34. The number of amides is 1. The van der Waals surface area contributed by atoms with Crippen molar-refractivity contribution in [2.45, 2.75) is 6.42 Å². The van der Waals surface area contributed by atoms with E-state index in [9.17, 15) is 4.79 Å². The molecule has 1 saturated heterocycles. The Balaban J connectivity index is 1.32. The van der Waals surface area contributed by atoms with E-state index in [-0.39, 0.29) is 5.91 Å². The van der Waals surface area contributed by atoms with Crippen molar-refractivity contribution in [2.75, 3.05) is 38.2 Å². The maximum Gasteiger partial charge on any atom is 0.227 e. The highest BCUT2D eigenvalue weighted by Gasteiger charge is 2.24. The van der Waals surface area contributed by atoms with Gasteiger partial charge in [-0.3, -0.25) is 4.79 Å². The van der Waals surface area contributed by atoms with Gasteiger partial charge in [0.25, 0.3) is 0 Å². The zero-order valence-electron chi connectivity index (χ0n) is 17.3. The van der Waals surface area contributed by atoms with Crippen LogP contribution in [0.3, 0.4) is 0 Å². The zero-order chi connectivity index (χ0) is 21.4. The van der Waals surface area contributed by atoms with Crippen LogP contribution in [0.1, 0.15) is 5.56 Å². The highest BCUT2D eigenvalue weighted by atomic mass is 79.9. The van der Waals surface area contributed by atoms with Crippen LogP contribution in [0.2, 0.25) is 0 Å². The maximum absolute atomic E-state index is 12.8. The van der Waals surface area contributed by atoms with Crippen molar-refractivity contribution < 1.29 is 9.53 Å². The number of benzene rings is 2. The lowest BCUT2D eigenvalue weighted by molar-refractivity contribution is -0.130. The van der Waals surface area contributed by atoms with Crippen LogP contribution in [0.4, 0.5) is 5.82 Å². The average Bonchev–Trinajstić information content (AvgIpc) is 3.29. The third kappa shape index (κ3) is 3.85. The predicted octanol–water partition coefficient (Wildman–Crippen LogP) is 4.15. The summed E-state index contributed by atoms with van der Waals surface area (Å²) in [7, 11) is 1.64. The minimum atomic E-state index is 0.160. The van der Waals surface area contributed by atoms with E-state index < -0.39 is 0 Å². The van der Waals surface area contributed by atoms with Gasteiger partial charge in [0.2, 0.25) is 5.91 Å². The molecule has 0 radical (unpaired) electrons. The Morgan fingerprint density at radius 3 is 2.55 bits per heavy atom. The molecule has 0 saturated carbocycles. The summed E-state index contributed by atoms with van der Waals surface area (Å²) in [6.45, 7) is 2.92. The molecule has 6 nitrogen and oxygen atoms in total. The number of ether oxygens (including phenoxy) is 1. The first-order valence-electron chi connectivity index (χ1n) is 10.3. The summed E-state index contributed by atoms with van der Waals surface area (Å²) in [5.41, 5.74) is 4.13. The van der Waals surface area contributed by atoms with E-state index >= 15 is 0 Å². The van der Waals surface area contributed by atoms with Gasteiger partial charge in [-0.15, -0.1) is 0 Å². The van der Waals surface area contributed by atoms with Crippen LogP contribution in [0.5, 0.6) is 5.75 Å². The standard InChI is InChI=1S/C24H23BrN4O2/c1-31-19-7-4-17(5-8-19)15-23(30)27-11-13-28(14-12-27)24-22-3-2-10-29(22)21-9-6-18(25)16-20(21)26-24/h2-10,16H,11-15H2,1H3. The molecule has 3 heterocycles. The fraction of sp³-hybridized carbons (Fsp3) is 0.250. The van der Waals surface area contributed by atoms with Crippen molar-refractivity contribution in [3.63, 3.8) is 0 Å². The second-order valence-electron chi connectivity index (χ2n) is 7.72. The van der Waals surface area contributed by atoms with Crippen LogP contribution in [-0.4, -0.2) is 53.5 Å². The summed E-state index contributed by atoms with van der Waals surface area (Å²) in [6, 6.07) is 18.0.